The molecule has 1 aliphatic heterocycles. The molecule has 1 aromatic carbocycles. The lowest BCUT2D eigenvalue weighted by atomic mass is 9.53. The van der Waals surface area contributed by atoms with Crippen LogP contribution in [-0.2, 0) is 21.3 Å². The maximum absolute atomic E-state index is 12.4. The molecule has 1 heterocycles. The molecular weight excluding hydrogens is 414 g/mol. The number of rotatable bonds is 4. The molecule has 3 saturated carbocycles. The summed E-state index contributed by atoms with van der Waals surface area (Å²) in [5.41, 5.74) is 3.27. The van der Waals surface area contributed by atoms with Crippen LogP contribution in [0.1, 0.15) is 88.2 Å². The van der Waals surface area contributed by atoms with E-state index >= 15 is 0 Å². The van der Waals surface area contributed by atoms with Crippen molar-refractivity contribution in [2.75, 3.05) is 13.3 Å². The highest BCUT2D eigenvalue weighted by molar-refractivity contribution is 5.60. The van der Waals surface area contributed by atoms with Crippen molar-refractivity contribution in [3.63, 3.8) is 0 Å². The number of benzene rings is 1. The van der Waals surface area contributed by atoms with Crippen molar-refractivity contribution in [3.8, 4) is 5.75 Å². The van der Waals surface area contributed by atoms with Gasteiger partial charge in [-0.3, -0.25) is 0 Å². The highest BCUT2D eigenvalue weighted by Crippen LogP contribution is 2.54. The molecule has 1 unspecified atom stereocenters. The zero-order valence-electron chi connectivity index (χ0n) is 19.9. The molecule has 0 radical (unpaired) electrons. The SMILES string of the molecule is O=C(OCOc1ccc2c(c1)[C@@]13CCCC[C@@H]1[C@H](C2)NCC3)OC1CCC[C@H]2CCCC[C@@H]12. The Hall–Kier alpha value is -1.75. The van der Waals surface area contributed by atoms with Crippen molar-refractivity contribution >= 4 is 6.16 Å². The van der Waals surface area contributed by atoms with E-state index in [1.807, 2.05) is 6.07 Å². The minimum absolute atomic E-state index is 0.0236. The number of piperidine rings is 1. The first-order valence-corrected chi connectivity index (χ1v) is 13.6. The van der Waals surface area contributed by atoms with Gasteiger partial charge in [0.2, 0.25) is 6.79 Å². The molecule has 4 fully saturated rings. The van der Waals surface area contributed by atoms with Crippen LogP contribution in [-0.4, -0.2) is 31.6 Å². The molecule has 1 saturated heterocycles. The van der Waals surface area contributed by atoms with Gasteiger partial charge in [-0.15, -0.1) is 0 Å². The first kappa shape index (κ1) is 21.8. The van der Waals surface area contributed by atoms with Crippen LogP contribution in [0.4, 0.5) is 4.79 Å². The molecule has 5 nitrogen and oxygen atoms in total. The van der Waals surface area contributed by atoms with E-state index in [0.29, 0.717) is 17.4 Å². The van der Waals surface area contributed by atoms with E-state index in [0.717, 1.165) is 43.4 Å². The first-order valence-electron chi connectivity index (χ1n) is 13.6. The highest BCUT2D eigenvalue weighted by atomic mass is 16.8. The van der Waals surface area contributed by atoms with Crippen molar-refractivity contribution in [1.82, 2.24) is 5.32 Å². The number of carbonyl (C=O) groups is 1. The maximum Gasteiger partial charge on any atom is 0.511 e. The van der Waals surface area contributed by atoms with Crippen molar-refractivity contribution in [2.24, 2.45) is 17.8 Å². The van der Waals surface area contributed by atoms with Gasteiger partial charge in [0, 0.05) is 11.5 Å². The number of ether oxygens (including phenoxy) is 3. The van der Waals surface area contributed by atoms with Crippen LogP contribution in [0, 0.1) is 17.8 Å². The van der Waals surface area contributed by atoms with Gasteiger partial charge in [0.25, 0.3) is 0 Å². The van der Waals surface area contributed by atoms with E-state index in [1.165, 1.54) is 75.3 Å². The van der Waals surface area contributed by atoms with Crippen molar-refractivity contribution in [3.05, 3.63) is 29.3 Å². The molecule has 180 valence electrons. The first-order chi connectivity index (χ1) is 16.2. The minimum Gasteiger partial charge on any atom is -0.457 e. The van der Waals surface area contributed by atoms with Crippen molar-refractivity contribution < 1.29 is 19.0 Å². The van der Waals surface area contributed by atoms with Crippen LogP contribution in [0.3, 0.4) is 0 Å². The van der Waals surface area contributed by atoms with E-state index in [9.17, 15) is 4.79 Å². The number of hydrogen-bond acceptors (Lipinski definition) is 5. The number of carbonyl (C=O) groups excluding carboxylic acids is 1. The lowest BCUT2D eigenvalue weighted by Crippen LogP contribution is -2.59. The second-order valence-electron chi connectivity index (χ2n) is 11.3. The Morgan fingerprint density at radius 2 is 1.88 bits per heavy atom. The Balaban J connectivity index is 1.08. The summed E-state index contributed by atoms with van der Waals surface area (Å²) < 4.78 is 17.0. The van der Waals surface area contributed by atoms with Crippen molar-refractivity contribution in [1.29, 1.82) is 0 Å². The van der Waals surface area contributed by atoms with Crippen LogP contribution < -0.4 is 10.1 Å². The van der Waals surface area contributed by atoms with E-state index in [2.05, 4.69) is 17.4 Å². The summed E-state index contributed by atoms with van der Waals surface area (Å²) in [5.74, 6) is 2.81. The maximum atomic E-state index is 12.4. The summed E-state index contributed by atoms with van der Waals surface area (Å²) in [6.07, 6.45) is 15.6. The van der Waals surface area contributed by atoms with Gasteiger partial charge < -0.3 is 19.5 Å². The predicted octanol–water partition coefficient (Wildman–Crippen LogP) is 5.88. The highest BCUT2D eigenvalue weighted by Gasteiger charge is 2.51. The van der Waals surface area contributed by atoms with Gasteiger partial charge >= 0.3 is 6.16 Å². The van der Waals surface area contributed by atoms with Crippen LogP contribution in [0.2, 0.25) is 0 Å². The normalized spacial score (nSPS) is 37.2. The Bertz CT molecular complexity index is 865. The third-order valence-electron chi connectivity index (χ3n) is 9.78. The van der Waals surface area contributed by atoms with Crippen LogP contribution in [0.15, 0.2) is 18.2 Å². The molecule has 5 heteroatoms. The summed E-state index contributed by atoms with van der Waals surface area (Å²) in [5, 5.41) is 3.79. The molecule has 0 amide bonds. The molecule has 1 aromatic rings. The topological polar surface area (TPSA) is 56.8 Å². The average Bonchev–Trinajstić information content (AvgIpc) is 2.84. The molecule has 0 spiro atoms. The van der Waals surface area contributed by atoms with Gasteiger partial charge in [-0.25, -0.2) is 4.79 Å². The fourth-order valence-corrected chi connectivity index (χ4v) is 8.32. The van der Waals surface area contributed by atoms with Crippen LogP contribution in [0.5, 0.6) is 5.75 Å². The molecule has 6 rings (SSSR count). The molecule has 1 N–H and O–H groups in total. The molecule has 6 atom stereocenters. The fourth-order valence-electron chi connectivity index (χ4n) is 8.32. The average molecular weight is 454 g/mol. The molecule has 2 bridgehead atoms. The molecule has 4 aliphatic carbocycles. The third-order valence-corrected chi connectivity index (χ3v) is 9.78. The Morgan fingerprint density at radius 3 is 2.85 bits per heavy atom. The van der Waals surface area contributed by atoms with Gasteiger partial charge in [-0.05, 0) is 98.9 Å². The zero-order valence-corrected chi connectivity index (χ0v) is 19.9. The van der Waals surface area contributed by atoms with E-state index in [4.69, 9.17) is 14.2 Å². The predicted molar refractivity (Wildman–Crippen MR) is 126 cm³/mol. The van der Waals surface area contributed by atoms with Gasteiger partial charge in [0.05, 0.1) is 0 Å². The largest absolute Gasteiger partial charge is 0.511 e. The van der Waals surface area contributed by atoms with E-state index in [-0.39, 0.29) is 12.9 Å². The summed E-state index contributed by atoms with van der Waals surface area (Å²) in [7, 11) is 0. The molecular formula is C28H39NO4. The minimum atomic E-state index is -0.573. The zero-order chi connectivity index (χ0) is 22.3. The van der Waals surface area contributed by atoms with Gasteiger partial charge in [-0.2, -0.15) is 0 Å². The molecule has 0 aromatic heterocycles. The second kappa shape index (κ2) is 9.13. The monoisotopic (exact) mass is 453 g/mol. The summed E-state index contributed by atoms with van der Waals surface area (Å²) in [4.78, 5) is 12.4. The van der Waals surface area contributed by atoms with Crippen molar-refractivity contribution in [2.45, 2.75) is 101 Å². The number of hydrogen-bond donors (Lipinski definition) is 1. The summed E-state index contributed by atoms with van der Waals surface area (Å²) >= 11 is 0. The third kappa shape index (κ3) is 4.05. The van der Waals surface area contributed by atoms with Crippen LogP contribution in [0.25, 0.3) is 0 Å². The Kier molecular flexibility index (Phi) is 6.02. The van der Waals surface area contributed by atoms with E-state index < -0.39 is 6.16 Å². The number of nitrogens with one attached hydrogen (secondary N) is 1. The smallest absolute Gasteiger partial charge is 0.457 e. The molecule has 33 heavy (non-hydrogen) atoms. The number of fused-ring (bicyclic) bond motifs is 2. The molecule has 5 aliphatic rings. The van der Waals surface area contributed by atoms with Crippen LogP contribution >= 0.6 is 0 Å². The second-order valence-corrected chi connectivity index (χ2v) is 11.3. The lowest BCUT2D eigenvalue weighted by Gasteiger charge is -2.56. The van der Waals surface area contributed by atoms with E-state index in [1.54, 1.807) is 0 Å². The quantitative estimate of drug-likeness (QED) is 0.456. The fraction of sp³-hybridized carbons (Fsp3) is 0.750. The van der Waals surface area contributed by atoms with Gasteiger partial charge in [-0.1, -0.05) is 38.2 Å². The standard InChI is InChI=1S/C28H39NO4/c30-27(33-26-10-5-7-19-6-1-2-8-22(19)26)32-18-31-21-12-11-20-16-25-23-9-3-4-13-28(23,14-15-29-25)24(20)17-21/h11-12,17,19,22-23,25-26,29H,1-10,13-16,18H2/t19-,22-,23-,25+,26?,28-/m1/s1. The Morgan fingerprint density at radius 1 is 1.00 bits per heavy atom. The van der Waals surface area contributed by atoms with Gasteiger partial charge in [0.15, 0.2) is 0 Å². The summed E-state index contributed by atoms with van der Waals surface area (Å²) in [6.45, 7) is 1.03. The summed E-state index contributed by atoms with van der Waals surface area (Å²) in [6, 6.07) is 7.15. The Labute approximate surface area is 197 Å². The van der Waals surface area contributed by atoms with Gasteiger partial charge in [0.1, 0.15) is 11.9 Å². The lowest BCUT2D eigenvalue weighted by molar-refractivity contribution is -0.0562.